The van der Waals surface area contributed by atoms with Crippen LogP contribution >= 0.6 is 0 Å². The van der Waals surface area contributed by atoms with Crippen molar-refractivity contribution in [3.05, 3.63) is 36.2 Å². The number of aromatic nitrogens is 1. The second-order valence-electron chi connectivity index (χ2n) is 6.33. The Morgan fingerprint density at radius 3 is 2.55 bits per heavy atom. The maximum absolute atomic E-state index is 9.40. The molecule has 3 rings (SSSR count). The molecule has 1 aliphatic heterocycles. The van der Waals surface area contributed by atoms with Gasteiger partial charge < -0.3 is 9.47 Å². The van der Waals surface area contributed by atoms with Crippen LogP contribution in [0.15, 0.2) is 30.5 Å². The lowest BCUT2D eigenvalue weighted by molar-refractivity contribution is 0.224. The summed E-state index contributed by atoms with van der Waals surface area (Å²) in [6.07, 6.45) is 9.97. The first-order valence-electron chi connectivity index (χ1n) is 8.59. The van der Waals surface area contributed by atoms with Crippen molar-refractivity contribution in [1.82, 2.24) is 9.47 Å². The first-order chi connectivity index (χ1) is 10.9. The van der Waals surface area contributed by atoms with E-state index in [2.05, 4.69) is 27.8 Å². The fourth-order valence-corrected chi connectivity index (χ4v) is 3.49. The van der Waals surface area contributed by atoms with E-state index in [1.54, 1.807) is 0 Å². The van der Waals surface area contributed by atoms with E-state index in [0.717, 1.165) is 24.0 Å². The molecule has 0 unspecified atom stereocenters. The van der Waals surface area contributed by atoms with Gasteiger partial charge in [0.1, 0.15) is 11.8 Å². The van der Waals surface area contributed by atoms with Crippen molar-refractivity contribution in [2.45, 2.75) is 45.1 Å². The van der Waals surface area contributed by atoms with Gasteiger partial charge in [-0.25, -0.2) is 0 Å². The van der Waals surface area contributed by atoms with Crippen LogP contribution < -0.4 is 0 Å². The zero-order valence-electron chi connectivity index (χ0n) is 13.3. The van der Waals surface area contributed by atoms with Crippen LogP contribution in [0.2, 0.25) is 0 Å². The number of rotatable bonds is 6. The summed E-state index contributed by atoms with van der Waals surface area (Å²) >= 11 is 0. The largest absolute Gasteiger partial charge is 0.338 e. The topological polar surface area (TPSA) is 32.0 Å². The van der Waals surface area contributed by atoms with Crippen LogP contribution in [0, 0.1) is 11.3 Å². The standard InChI is InChI=1S/C19H25N3/c20-15-19-18-10-4-3-9-17(18)16-22(19)14-8-2-7-13-21-11-5-1-6-12-21/h3-4,9-10,16H,1-2,5-8,11-14H2. The number of benzene rings is 1. The van der Waals surface area contributed by atoms with Crippen LogP contribution in [-0.2, 0) is 6.54 Å². The van der Waals surface area contributed by atoms with Crippen molar-refractivity contribution >= 4 is 10.8 Å². The third-order valence-corrected chi connectivity index (χ3v) is 4.73. The average molecular weight is 295 g/mol. The number of likely N-dealkylation sites (tertiary alicyclic amines) is 1. The van der Waals surface area contributed by atoms with E-state index in [1.165, 1.54) is 57.1 Å². The summed E-state index contributed by atoms with van der Waals surface area (Å²) in [6, 6.07) is 10.5. The molecule has 22 heavy (non-hydrogen) atoms. The Hall–Kier alpha value is -1.79. The number of nitrogens with zero attached hydrogens (tertiary/aromatic N) is 3. The highest BCUT2D eigenvalue weighted by Gasteiger charge is 2.10. The lowest BCUT2D eigenvalue weighted by Gasteiger charge is -2.26. The fraction of sp³-hybridized carbons (Fsp3) is 0.526. The zero-order chi connectivity index (χ0) is 15.2. The van der Waals surface area contributed by atoms with E-state index >= 15 is 0 Å². The summed E-state index contributed by atoms with van der Waals surface area (Å²) in [5, 5.41) is 11.7. The van der Waals surface area contributed by atoms with Gasteiger partial charge in [0, 0.05) is 23.5 Å². The van der Waals surface area contributed by atoms with Crippen LogP contribution in [0.5, 0.6) is 0 Å². The minimum atomic E-state index is 0.812. The second kappa shape index (κ2) is 7.47. The molecular formula is C19H25N3. The van der Waals surface area contributed by atoms with Gasteiger partial charge in [0.2, 0.25) is 0 Å². The van der Waals surface area contributed by atoms with Gasteiger partial charge in [-0.05, 0) is 45.3 Å². The van der Waals surface area contributed by atoms with Gasteiger partial charge in [0.05, 0.1) is 0 Å². The highest BCUT2D eigenvalue weighted by molar-refractivity contribution is 5.87. The van der Waals surface area contributed by atoms with Crippen molar-refractivity contribution < 1.29 is 0 Å². The van der Waals surface area contributed by atoms with Crippen LogP contribution in [-0.4, -0.2) is 29.1 Å². The maximum atomic E-state index is 9.40. The van der Waals surface area contributed by atoms with Gasteiger partial charge in [-0.1, -0.05) is 37.1 Å². The Morgan fingerprint density at radius 1 is 0.955 bits per heavy atom. The number of piperidine rings is 1. The summed E-state index contributed by atoms with van der Waals surface area (Å²) < 4.78 is 2.13. The number of unbranched alkanes of at least 4 members (excludes halogenated alkanes) is 2. The van der Waals surface area contributed by atoms with Crippen LogP contribution in [0.3, 0.4) is 0 Å². The van der Waals surface area contributed by atoms with Crippen molar-refractivity contribution in [2.75, 3.05) is 19.6 Å². The Kier molecular flexibility index (Phi) is 5.13. The number of hydrogen-bond acceptors (Lipinski definition) is 2. The van der Waals surface area contributed by atoms with E-state index in [1.807, 2.05) is 18.2 Å². The summed E-state index contributed by atoms with van der Waals surface area (Å²) in [5.41, 5.74) is 0.812. The lowest BCUT2D eigenvalue weighted by atomic mass is 10.1. The van der Waals surface area contributed by atoms with Crippen molar-refractivity contribution in [3.8, 4) is 6.07 Å². The molecule has 1 aromatic carbocycles. The molecule has 0 N–H and O–H groups in total. The number of nitriles is 1. The molecule has 0 amide bonds. The average Bonchev–Trinajstić information content (AvgIpc) is 2.93. The Morgan fingerprint density at radius 2 is 1.73 bits per heavy atom. The molecule has 1 aromatic heterocycles. The smallest absolute Gasteiger partial charge is 0.128 e. The summed E-state index contributed by atoms with van der Waals surface area (Å²) in [7, 11) is 0. The maximum Gasteiger partial charge on any atom is 0.128 e. The molecule has 1 aliphatic rings. The highest BCUT2D eigenvalue weighted by Crippen LogP contribution is 2.21. The molecule has 0 radical (unpaired) electrons. The second-order valence-corrected chi connectivity index (χ2v) is 6.33. The molecule has 0 atom stereocenters. The molecule has 0 spiro atoms. The van der Waals surface area contributed by atoms with Gasteiger partial charge in [-0.15, -0.1) is 0 Å². The predicted octanol–water partition coefficient (Wildman–Crippen LogP) is 4.17. The molecule has 0 bridgehead atoms. The Balaban J connectivity index is 1.48. The van der Waals surface area contributed by atoms with Crippen LogP contribution in [0.25, 0.3) is 10.8 Å². The number of fused-ring (bicyclic) bond motifs is 1. The molecule has 116 valence electrons. The first-order valence-corrected chi connectivity index (χ1v) is 8.59. The van der Waals surface area contributed by atoms with E-state index < -0.39 is 0 Å². The highest BCUT2D eigenvalue weighted by atomic mass is 15.1. The molecule has 0 saturated carbocycles. The number of hydrogen-bond donors (Lipinski definition) is 0. The fourth-order valence-electron chi connectivity index (χ4n) is 3.49. The van der Waals surface area contributed by atoms with Crippen molar-refractivity contribution in [1.29, 1.82) is 5.26 Å². The summed E-state index contributed by atoms with van der Waals surface area (Å²) in [5.74, 6) is 0. The monoisotopic (exact) mass is 295 g/mol. The van der Waals surface area contributed by atoms with Crippen LogP contribution in [0.4, 0.5) is 0 Å². The van der Waals surface area contributed by atoms with Gasteiger partial charge in [-0.3, -0.25) is 0 Å². The van der Waals surface area contributed by atoms with Crippen molar-refractivity contribution in [3.63, 3.8) is 0 Å². The predicted molar refractivity (Wildman–Crippen MR) is 90.8 cm³/mol. The van der Waals surface area contributed by atoms with E-state index in [9.17, 15) is 5.26 Å². The van der Waals surface area contributed by atoms with E-state index in [-0.39, 0.29) is 0 Å². The van der Waals surface area contributed by atoms with Gasteiger partial charge in [0.25, 0.3) is 0 Å². The first kappa shape index (κ1) is 15.1. The molecule has 3 nitrogen and oxygen atoms in total. The quantitative estimate of drug-likeness (QED) is 0.749. The van der Waals surface area contributed by atoms with Crippen LogP contribution in [0.1, 0.15) is 44.2 Å². The normalized spacial score (nSPS) is 16.0. The molecule has 2 heterocycles. The SMILES string of the molecule is N#Cc1c2ccccc2cn1CCCCCN1CCCCC1. The minimum Gasteiger partial charge on any atom is -0.338 e. The molecule has 0 aliphatic carbocycles. The molecule has 2 aromatic rings. The lowest BCUT2D eigenvalue weighted by Crippen LogP contribution is -2.30. The third-order valence-electron chi connectivity index (χ3n) is 4.73. The summed E-state index contributed by atoms with van der Waals surface area (Å²) in [6.45, 7) is 4.79. The minimum absolute atomic E-state index is 0.812. The molecule has 1 fully saturated rings. The number of aryl methyl sites for hydroxylation is 1. The van der Waals surface area contributed by atoms with Gasteiger partial charge in [-0.2, -0.15) is 5.26 Å². The van der Waals surface area contributed by atoms with E-state index in [4.69, 9.17) is 0 Å². The molecular weight excluding hydrogens is 270 g/mol. The van der Waals surface area contributed by atoms with Gasteiger partial charge >= 0.3 is 0 Å². The van der Waals surface area contributed by atoms with E-state index in [0.29, 0.717) is 0 Å². The van der Waals surface area contributed by atoms with Crippen molar-refractivity contribution in [2.24, 2.45) is 0 Å². The van der Waals surface area contributed by atoms with Gasteiger partial charge in [0.15, 0.2) is 0 Å². The Bertz CT molecular complexity index is 644. The third kappa shape index (κ3) is 3.51. The summed E-state index contributed by atoms with van der Waals surface area (Å²) in [4.78, 5) is 2.61. The zero-order valence-corrected chi connectivity index (χ0v) is 13.3. The molecule has 1 saturated heterocycles. The molecule has 3 heteroatoms. The Labute approximate surface area is 133 Å².